The van der Waals surface area contributed by atoms with Crippen LogP contribution in [-0.2, 0) is 11.2 Å². The van der Waals surface area contributed by atoms with Gasteiger partial charge in [0, 0.05) is 18.7 Å². The van der Waals surface area contributed by atoms with Gasteiger partial charge >= 0.3 is 0 Å². The average Bonchev–Trinajstić information content (AvgIpc) is 2.94. The molecule has 1 aliphatic carbocycles. The van der Waals surface area contributed by atoms with E-state index in [0.29, 0.717) is 6.42 Å². The number of fused-ring (bicyclic) bond motifs is 1. The van der Waals surface area contributed by atoms with E-state index in [1.165, 1.54) is 57.8 Å². The van der Waals surface area contributed by atoms with Gasteiger partial charge in [-0.3, -0.25) is 4.79 Å². The number of hydrogen-bond donors (Lipinski definition) is 2. The molecule has 2 N–H and O–H groups in total. The van der Waals surface area contributed by atoms with Crippen molar-refractivity contribution in [1.82, 2.24) is 4.90 Å². The number of piperidine rings is 1. The predicted molar refractivity (Wildman–Crippen MR) is 118 cm³/mol. The summed E-state index contributed by atoms with van der Waals surface area (Å²) in [6, 6.07) is 6.04. The highest BCUT2D eigenvalue weighted by Crippen LogP contribution is 2.32. The lowest BCUT2D eigenvalue weighted by atomic mass is 9.82. The van der Waals surface area contributed by atoms with Crippen LogP contribution in [-0.4, -0.2) is 35.5 Å². The van der Waals surface area contributed by atoms with Crippen LogP contribution in [0.3, 0.4) is 0 Å². The third kappa shape index (κ3) is 5.82. The Morgan fingerprint density at radius 3 is 2.45 bits per heavy atom. The molecule has 2 fully saturated rings. The van der Waals surface area contributed by atoms with Gasteiger partial charge in [0.1, 0.15) is 0 Å². The average molecular weight is 399 g/mol. The maximum absolute atomic E-state index is 11.7. The SMILES string of the molecule is O=C1CCCc2cc(C(O)CN3CCC(CCC4CCCCC4)CC3)ccc2N1. The van der Waals surface area contributed by atoms with Crippen LogP contribution in [0.1, 0.15) is 87.9 Å². The molecule has 1 aromatic rings. The van der Waals surface area contributed by atoms with Crippen molar-refractivity contribution in [2.45, 2.75) is 83.2 Å². The molecule has 1 amide bonds. The zero-order valence-corrected chi connectivity index (χ0v) is 17.9. The summed E-state index contributed by atoms with van der Waals surface area (Å²) in [4.78, 5) is 14.2. The van der Waals surface area contributed by atoms with E-state index in [-0.39, 0.29) is 5.91 Å². The predicted octanol–water partition coefficient (Wildman–Crippen LogP) is 5.07. The minimum absolute atomic E-state index is 0.100. The maximum Gasteiger partial charge on any atom is 0.224 e. The Kier molecular flexibility index (Phi) is 7.25. The van der Waals surface area contributed by atoms with Gasteiger partial charge in [0.05, 0.1) is 6.10 Å². The quantitative estimate of drug-likeness (QED) is 0.704. The normalized spacial score (nSPS) is 23.3. The largest absolute Gasteiger partial charge is 0.387 e. The van der Waals surface area contributed by atoms with Crippen molar-refractivity contribution in [2.75, 3.05) is 25.0 Å². The van der Waals surface area contributed by atoms with Crippen LogP contribution < -0.4 is 5.32 Å². The van der Waals surface area contributed by atoms with E-state index in [9.17, 15) is 9.90 Å². The Labute approximate surface area is 176 Å². The fourth-order valence-corrected chi connectivity index (χ4v) is 5.56. The molecular weight excluding hydrogens is 360 g/mol. The second-order valence-corrected chi connectivity index (χ2v) is 9.66. The lowest BCUT2D eigenvalue weighted by Gasteiger charge is -2.34. The number of β-amino-alcohol motifs (C(OH)–C–C–N with tert-alkyl or cyclic N) is 1. The van der Waals surface area contributed by atoms with Crippen LogP contribution in [0.5, 0.6) is 0 Å². The van der Waals surface area contributed by atoms with E-state index < -0.39 is 6.10 Å². The molecule has 0 spiro atoms. The second-order valence-electron chi connectivity index (χ2n) is 9.66. The van der Waals surface area contributed by atoms with Gasteiger partial charge in [-0.15, -0.1) is 0 Å². The summed E-state index contributed by atoms with van der Waals surface area (Å²) in [7, 11) is 0. The van der Waals surface area contributed by atoms with Gasteiger partial charge in [-0.2, -0.15) is 0 Å². The van der Waals surface area contributed by atoms with Crippen molar-refractivity contribution in [3.63, 3.8) is 0 Å². The fraction of sp³-hybridized carbons (Fsp3) is 0.720. The minimum atomic E-state index is -0.446. The highest BCUT2D eigenvalue weighted by Gasteiger charge is 2.23. The number of hydrogen-bond acceptors (Lipinski definition) is 3. The van der Waals surface area contributed by atoms with Gasteiger partial charge in [-0.1, -0.05) is 57.1 Å². The first-order chi connectivity index (χ1) is 14.2. The number of aryl methyl sites for hydroxylation is 1. The summed E-state index contributed by atoms with van der Waals surface area (Å²) in [5.74, 6) is 1.99. The summed E-state index contributed by atoms with van der Waals surface area (Å²) >= 11 is 0. The summed E-state index contributed by atoms with van der Waals surface area (Å²) in [5.41, 5.74) is 3.07. The monoisotopic (exact) mass is 398 g/mol. The Hall–Kier alpha value is -1.39. The van der Waals surface area contributed by atoms with Gasteiger partial charge < -0.3 is 15.3 Å². The molecule has 160 valence electrons. The second kappa shape index (κ2) is 10.1. The molecule has 1 saturated carbocycles. The molecule has 4 rings (SSSR count). The highest BCUT2D eigenvalue weighted by atomic mass is 16.3. The zero-order chi connectivity index (χ0) is 20.1. The molecule has 1 atom stereocenters. The van der Waals surface area contributed by atoms with Gasteiger partial charge in [0.25, 0.3) is 0 Å². The van der Waals surface area contributed by atoms with E-state index in [1.54, 1.807) is 0 Å². The molecule has 0 radical (unpaired) electrons. The number of rotatable bonds is 6. The summed E-state index contributed by atoms with van der Waals surface area (Å²) < 4.78 is 0. The molecule has 4 heteroatoms. The number of carbonyl (C=O) groups excluding carboxylic acids is 1. The molecule has 2 heterocycles. The third-order valence-corrected chi connectivity index (χ3v) is 7.48. The van der Waals surface area contributed by atoms with Gasteiger partial charge in [0.15, 0.2) is 0 Å². The van der Waals surface area contributed by atoms with Crippen LogP contribution in [0.4, 0.5) is 5.69 Å². The third-order valence-electron chi connectivity index (χ3n) is 7.48. The Morgan fingerprint density at radius 2 is 1.69 bits per heavy atom. The minimum Gasteiger partial charge on any atom is -0.387 e. The number of amides is 1. The number of nitrogens with zero attached hydrogens (tertiary/aromatic N) is 1. The summed E-state index contributed by atoms with van der Waals surface area (Å²) in [6.45, 7) is 2.96. The highest BCUT2D eigenvalue weighted by molar-refractivity contribution is 5.92. The molecule has 0 bridgehead atoms. The first kappa shape index (κ1) is 20.9. The molecule has 4 nitrogen and oxygen atoms in total. The van der Waals surface area contributed by atoms with Crippen molar-refractivity contribution in [3.8, 4) is 0 Å². The Balaban J connectivity index is 1.23. The molecule has 1 saturated heterocycles. The van der Waals surface area contributed by atoms with Crippen LogP contribution in [0, 0.1) is 11.8 Å². The number of carbonyl (C=O) groups is 1. The van der Waals surface area contributed by atoms with Gasteiger partial charge in [-0.05, 0) is 67.8 Å². The van der Waals surface area contributed by atoms with Gasteiger partial charge in [0.2, 0.25) is 5.91 Å². The lowest BCUT2D eigenvalue weighted by Crippen LogP contribution is -2.36. The van der Waals surface area contributed by atoms with Crippen molar-refractivity contribution in [1.29, 1.82) is 0 Å². The number of nitrogens with one attached hydrogen (secondary N) is 1. The van der Waals surface area contributed by atoms with E-state index in [2.05, 4.69) is 16.3 Å². The molecule has 1 aromatic carbocycles. The zero-order valence-electron chi connectivity index (χ0n) is 17.9. The molecule has 3 aliphatic rings. The van der Waals surface area contributed by atoms with E-state index >= 15 is 0 Å². The van der Waals surface area contributed by atoms with E-state index in [1.807, 2.05) is 12.1 Å². The lowest BCUT2D eigenvalue weighted by molar-refractivity contribution is -0.116. The van der Waals surface area contributed by atoms with Crippen molar-refractivity contribution >= 4 is 11.6 Å². The Bertz CT molecular complexity index is 675. The van der Waals surface area contributed by atoms with Crippen LogP contribution in [0.25, 0.3) is 0 Å². The topological polar surface area (TPSA) is 52.6 Å². The van der Waals surface area contributed by atoms with Crippen LogP contribution in [0.2, 0.25) is 0 Å². The van der Waals surface area contributed by atoms with Gasteiger partial charge in [-0.25, -0.2) is 0 Å². The fourth-order valence-electron chi connectivity index (χ4n) is 5.56. The van der Waals surface area contributed by atoms with Crippen LogP contribution in [0.15, 0.2) is 18.2 Å². The number of likely N-dealkylation sites (tertiary alicyclic amines) is 1. The molecule has 1 unspecified atom stereocenters. The number of anilines is 1. The Morgan fingerprint density at radius 1 is 0.966 bits per heavy atom. The summed E-state index contributed by atoms with van der Waals surface area (Å²) in [6.07, 6.45) is 14.7. The molecule has 2 aliphatic heterocycles. The van der Waals surface area contributed by atoms with Crippen molar-refractivity contribution in [2.24, 2.45) is 11.8 Å². The maximum atomic E-state index is 11.7. The molecule has 0 aromatic heterocycles. The first-order valence-corrected chi connectivity index (χ1v) is 12.0. The number of aliphatic hydroxyl groups is 1. The number of aliphatic hydroxyl groups excluding tert-OH is 1. The van der Waals surface area contributed by atoms with Crippen LogP contribution >= 0.6 is 0 Å². The standard InChI is InChI=1S/C25H38N2O2/c28-24(22-11-12-23-21(17-22)7-4-8-25(29)26-23)18-27-15-13-20(14-16-27)10-9-19-5-2-1-3-6-19/h11-12,17,19-20,24,28H,1-10,13-16,18H2,(H,26,29). The first-order valence-electron chi connectivity index (χ1n) is 12.0. The number of benzene rings is 1. The molecular formula is C25H38N2O2. The molecule has 29 heavy (non-hydrogen) atoms. The smallest absolute Gasteiger partial charge is 0.224 e. The van der Waals surface area contributed by atoms with E-state index in [4.69, 9.17) is 0 Å². The summed E-state index contributed by atoms with van der Waals surface area (Å²) in [5, 5.41) is 13.8. The van der Waals surface area contributed by atoms with E-state index in [0.717, 1.165) is 61.1 Å². The van der Waals surface area contributed by atoms with Crippen molar-refractivity contribution in [3.05, 3.63) is 29.3 Å². The van der Waals surface area contributed by atoms with Crippen molar-refractivity contribution < 1.29 is 9.90 Å².